The third-order valence-electron chi connectivity index (χ3n) is 12.2. The van der Waals surface area contributed by atoms with Gasteiger partial charge in [0.05, 0.1) is 39.2 Å². The van der Waals surface area contributed by atoms with Gasteiger partial charge in [0, 0.05) is 54.0 Å². The van der Waals surface area contributed by atoms with Crippen LogP contribution in [-0.4, -0.2) is 8.97 Å². The second-order valence-corrected chi connectivity index (χ2v) is 15.8. The van der Waals surface area contributed by atoms with Gasteiger partial charge in [0.1, 0.15) is 0 Å². The van der Waals surface area contributed by atoms with Crippen molar-refractivity contribution in [2.75, 3.05) is 5.32 Å². The van der Waals surface area contributed by atoms with Crippen LogP contribution >= 0.6 is 11.3 Å². The van der Waals surface area contributed by atoms with E-state index in [9.17, 15) is 0 Å². The first-order valence-corrected chi connectivity index (χ1v) is 19.6. The number of nitrogens with one attached hydrogen (secondary N) is 1. The lowest BCUT2D eigenvalue weighted by Crippen LogP contribution is -2.34. The third-order valence-corrected chi connectivity index (χ3v) is 13.3. The maximum atomic E-state index is 4.12. The fourth-order valence-corrected chi connectivity index (χ4v) is 11.2. The van der Waals surface area contributed by atoms with Crippen LogP contribution in [-0.2, 0) is 0 Å². The first-order chi connectivity index (χ1) is 26.3. The van der Waals surface area contributed by atoms with E-state index in [1.807, 2.05) is 11.3 Å². The average Bonchev–Trinajstić information content (AvgIpc) is 3.95. The normalized spacial score (nSPS) is 17.6. The van der Waals surface area contributed by atoms with E-state index in [2.05, 4.69) is 179 Å². The lowest BCUT2D eigenvalue weighted by molar-refractivity contribution is 0.326. The summed E-state index contributed by atoms with van der Waals surface area (Å²) in [5.41, 5.74) is 11.7. The molecule has 3 unspecified atom stereocenters. The monoisotopic (exact) mass is 697 g/mol. The molecule has 3 nitrogen and oxygen atoms in total. The summed E-state index contributed by atoms with van der Waals surface area (Å²) in [6.45, 7) is 2.39. The van der Waals surface area contributed by atoms with E-state index in [0.29, 0.717) is 5.92 Å². The molecular formula is C49H35N3S. The molecular weight excluding hydrogens is 663 g/mol. The smallest absolute Gasteiger partial charge is 0.0953 e. The van der Waals surface area contributed by atoms with E-state index in [4.69, 9.17) is 0 Å². The van der Waals surface area contributed by atoms with Gasteiger partial charge in [-0.05, 0) is 64.9 Å². The van der Waals surface area contributed by atoms with Crippen LogP contribution in [0.3, 0.4) is 0 Å². The van der Waals surface area contributed by atoms with Crippen molar-refractivity contribution in [3.8, 4) is 11.1 Å². The van der Waals surface area contributed by atoms with Gasteiger partial charge in [-0.15, -0.1) is 11.3 Å². The highest BCUT2D eigenvalue weighted by Gasteiger charge is 2.41. The molecule has 7 aromatic carbocycles. The highest BCUT2D eigenvalue weighted by Crippen LogP contribution is 2.56. The SMILES string of the molecule is CCC1C(c2ccccc2)Nc2sc3ccccc3c2C1n1c2ccc(-c3ccccc3)cc2c2c3c4ccccc4n4c5ccccc5c(cc21)c34. The van der Waals surface area contributed by atoms with Crippen molar-refractivity contribution in [2.45, 2.75) is 25.4 Å². The summed E-state index contributed by atoms with van der Waals surface area (Å²) < 4.78 is 6.63. The molecule has 12 rings (SSSR count). The minimum Gasteiger partial charge on any atom is -0.369 e. The predicted molar refractivity (Wildman–Crippen MR) is 226 cm³/mol. The number of rotatable bonds is 4. The number of hydrogen-bond acceptors (Lipinski definition) is 2. The molecule has 0 aliphatic carbocycles. The Hall–Kier alpha value is -6.10. The molecule has 11 aromatic rings. The molecule has 1 aliphatic heterocycles. The summed E-state index contributed by atoms with van der Waals surface area (Å²) in [5.74, 6) is 0.299. The molecule has 0 bridgehead atoms. The molecule has 0 radical (unpaired) electrons. The Kier molecular flexibility index (Phi) is 6.09. The Bertz CT molecular complexity index is 3200. The molecule has 0 saturated carbocycles. The molecule has 0 fully saturated rings. The molecule has 0 amide bonds. The molecule has 1 N–H and O–H groups in total. The lowest BCUT2D eigenvalue weighted by atomic mass is 9.78. The Morgan fingerprint density at radius 1 is 0.547 bits per heavy atom. The summed E-state index contributed by atoms with van der Waals surface area (Å²) in [6.07, 6.45) is 1.03. The summed E-state index contributed by atoms with van der Waals surface area (Å²) in [5, 5.41) is 14.7. The molecule has 252 valence electrons. The third kappa shape index (κ3) is 3.94. The average molecular weight is 698 g/mol. The Morgan fingerprint density at radius 2 is 1.23 bits per heavy atom. The van der Waals surface area contributed by atoms with Crippen molar-refractivity contribution in [1.29, 1.82) is 0 Å². The van der Waals surface area contributed by atoms with Gasteiger partial charge in [-0.3, -0.25) is 0 Å². The van der Waals surface area contributed by atoms with Crippen LogP contribution in [0.25, 0.3) is 81.1 Å². The minimum atomic E-state index is 0.106. The van der Waals surface area contributed by atoms with Gasteiger partial charge in [0.15, 0.2) is 0 Å². The first kappa shape index (κ1) is 29.5. The molecule has 1 aliphatic rings. The van der Waals surface area contributed by atoms with Gasteiger partial charge in [0.2, 0.25) is 0 Å². The number of fused-ring (bicyclic) bond motifs is 13. The number of benzene rings is 7. The largest absolute Gasteiger partial charge is 0.369 e. The van der Waals surface area contributed by atoms with Gasteiger partial charge in [-0.1, -0.05) is 128 Å². The van der Waals surface area contributed by atoms with Crippen molar-refractivity contribution in [3.05, 3.63) is 169 Å². The summed E-state index contributed by atoms with van der Waals surface area (Å²) in [4.78, 5) is 0. The molecule has 4 heteroatoms. The van der Waals surface area contributed by atoms with Crippen molar-refractivity contribution >= 4 is 86.3 Å². The number of nitrogens with zero attached hydrogens (tertiary/aromatic N) is 2. The van der Waals surface area contributed by atoms with Gasteiger partial charge >= 0.3 is 0 Å². The van der Waals surface area contributed by atoms with E-state index in [1.54, 1.807) is 0 Å². The quantitative estimate of drug-likeness (QED) is 0.194. The van der Waals surface area contributed by atoms with Gasteiger partial charge in [-0.2, -0.15) is 0 Å². The van der Waals surface area contributed by atoms with E-state index < -0.39 is 0 Å². The molecule has 0 saturated heterocycles. The second kappa shape index (κ2) is 11.0. The molecule has 0 spiro atoms. The first-order valence-electron chi connectivity index (χ1n) is 18.8. The van der Waals surface area contributed by atoms with E-state index in [1.165, 1.54) is 97.2 Å². The molecule has 4 aromatic heterocycles. The zero-order valence-corrected chi connectivity index (χ0v) is 30.1. The van der Waals surface area contributed by atoms with Gasteiger partial charge in [-0.25, -0.2) is 0 Å². The van der Waals surface area contributed by atoms with Crippen LogP contribution in [0.1, 0.15) is 36.6 Å². The Labute approximate surface area is 310 Å². The number of thiophene rings is 1. The maximum Gasteiger partial charge on any atom is 0.0953 e. The van der Waals surface area contributed by atoms with Crippen LogP contribution in [0.15, 0.2) is 158 Å². The van der Waals surface area contributed by atoms with E-state index in [0.717, 1.165) is 6.42 Å². The van der Waals surface area contributed by atoms with Crippen LogP contribution in [0.2, 0.25) is 0 Å². The fraction of sp³-hybridized carbons (Fsp3) is 0.102. The van der Waals surface area contributed by atoms with Gasteiger partial charge in [0.25, 0.3) is 0 Å². The minimum absolute atomic E-state index is 0.106. The lowest BCUT2D eigenvalue weighted by Gasteiger charge is -2.41. The number of aromatic nitrogens is 2. The molecule has 53 heavy (non-hydrogen) atoms. The summed E-state index contributed by atoms with van der Waals surface area (Å²) >= 11 is 1.91. The zero-order chi connectivity index (χ0) is 34.8. The topological polar surface area (TPSA) is 21.4 Å². The molecule has 3 atom stereocenters. The van der Waals surface area contributed by atoms with Crippen LogP contribution in [0, 0.1) is 5.92 Å². The van der Waals surface area contributed by atoms with E-state index >= 15 is 0 Å². The van der Waals surface area contributed by atoms with Gasteiger partial charge < -0.3 is 14.3 Å². The second-order valence-electron chi connectivity index (χ2n) is 14.8. The van der Waals surface area contributed by atoms with Crippen LogP contribution in [0.4, 0.5) is 5.00 Å². The predicted octanol–water partition coefficient (Wildman–Crippen LogP) is 13.6. The van der Waals surface area contributed by atoms with Crippen LogP contribution in [0.5, 0.6) is 0 Å². The summed E-state index contributed by atoms with van der Waals surface area (Å²) in [6, 6.07) is 59.1. The van der Waals surface area contributed by atoms with Crippen molar-refractivity contribution in [1.82, 2.24) is 8.97 Å². The van der Waals surface area contributed by atoms with Crippen molar-refractivity contribution < 1.29 is 0 Å². The maximum absolute atomic E-state index is 4.12. The zero-order valence-electron chi connectivity index (χ0n) is 29.3. The Balaban J connectivity index is 1.29. The number of anilines is 1. The summed E-state index contributed by atoms with van der Waals surface area (Å²) in [7, 11) is 0. The highest BCUT2D eigenvalue weighted by molar-refractivity contribution is 7.23. The van der Waals surface area contributed by atoms with Crippen LogP contribution < -0.4 is 5.32 Å². The Morgan fingerprint density at radius 3 is 2.02 bits per heavy atom. The number of para-hydroxylation sites is 2. The standard InChI is InChI=1S/C49H35N3S/c1-2-32-46(30-17-7-4-8-18-30)50-49-45(35-21-11-14-24-42(35)53-49)47(32)52-40-26-25-31(29-15-5-3-6-16-29)27-37(40)43-41(52)28-36-33-19-9-12-22-38(33)51-39-23-13-10-20-34(39)44(43)48(36)51/h3-28,32,46-47,50H,2H2,1H3. The van der Waals surface area contributed by atoms with Crippen molar-refractivity contribution in [2.24, 2.45) is 5.92 Å². The fourth-order valence-electron chi connectivity index (χ4n) is 10.0. The molecule has 5 heterocycles. The van der Waals surface area contributed by atoms with E-state index in [-0.39, 0.29) is 12.1 Å². The number of hydrogen-bond donors (Lipinski definition) is 1. The highest BCUT2D eigenvalue weighted by atomic mass is 32.1. The van der Waals surface area contributed by atoms with Crippen molar-refractivity contribution in [3.63, 3.8) is 0 Å².